The third-order valence-corrected chi connectivity index (χ3v) is 7.25. The van der Waals surface area contributed by atoms with E-state index in [1.807, 2.05) is 37.3 Å². The van der Waals surface area contributed by atoms with Crippen molar-refractivity contribution in [1.29, 1.82) is 0 Å². The molecule has 9 heteroatoms. The van der Waals surface area contributed by atoms with Gasteiger partial charge in [-0.2, -0.15) is 0 Å². The summed E-state index contributed by atoms with van der Waals surface area (Å²) in [5.74, 6) is -1.68. The van der Waals surface area contributed by atoms with Crippen LogP contribution in [0.5, 0.6) is 0 Å². The lowest BCUT2D eigenvalue weighted by Gasteiger charge is -2.35. The fraction of sp³-hybridized carbons (Fsp3) is 0.407. The third kappa shape index (κ3) is 4.70. The van der Waals surface area contributed by atoms with E-state index in [-0.39, 0.29) is 24.3 Å². The highest BCUT2D eigenvalue weighted by molar-refractivity contribution is 6.01. The maximum atomic E-state index is 13.7. The summed E-state index contributed by atoms with van der Waals surface area (Å²) >= 11 is 0. The summed E-state index contributed by atoms with van der Waals surface area (Å²) in [4.78, 5) is 53.0. The van der Waals surface area contributed by atoms with Crippen molar-refractivity contribution in [1.82, 2.24) is 15.5 Å². The summed E-state index contributed by atoms with van der Waals surface area (Å²) in [6.45, 7) is 1.94. The van der Waals surface area contributed by atoms with E-state index in [1.54, 1.807) is 17.0 Å². The van der Waals surface area contributed by atoms with E-state index in [9.17, 15) is 24.3 Å². The van der Waals surface area contributed by atoms with Gasteiger partial charge in [-0.25, -0.2) is 0 Å². The number of carbonyl (C=O) groups excluding carboxylic acids is 4. The van der Waals surface area contributed by atoms with Gasteiger partial charge < -0.3 is 25.4 Å². The monoisotopic (exact) mass is 491 g/mol. The minimum atomic E-state index is -1.40. The Bertz CT molecular complexity index is 1260. The molecule has 3 N–H and O–H groups in total. The largest absolute Gasteiger partial charge is 0.434 e. The molecule has 2 unspecified atom stereocenters. The molecule has 36 heavy (non-hydrogen) atoms. The number of hydrogen-bond acceptors (Lipinski definition) is 6. The number of amides is 3. The van der Waals surface area contributed by atoms with Crippen molar-refractivity contribution in [3.8, 4) is 0 Å². The highest BCUT2D eigenvalue weighted by atomic mass is 16.6. The van der Waals surface area contributed by atoms with Crippen LogP contribution in [0.1, 0.15) is 49.4 Å². The lowest BCUT2D eigenvalue weighted by Crippen LogP contribution is -2.57. The van der Waals surface area contributed by atoms with E-state index in [1.165, 1.54) is 0 Å². The maximum Gasteiger partial charge on any atom is 0.310 e. The van der Waals surface area contributed by atoms with Gasteiger partial charge in [-0.3, -0.25) is 19.2 Å². The van der Waals surface area contributed by atoms with Crippen LogP contribution in [0.4, 0.5) is 0 Å². The number of hydrogen-bond donors (Lipinski definition) is 3. The Labute approximate surface area is 208 Å². The van der Waals surface area contributed by atoms with Gasteiger partial charge in [-0.1, -0.05) is 42.0 Å². The van der Waals surface area contributed by atoms with Gasteiger partial charge in [0.1, 0.15) is 18.1 Å². The van der Waals surface area contributed by atoms with Gasteiger partial charge in [0, 0.05) is 11.6 Å². The second-order valence-corrected chi connectivity index (χ2v) is 9.77. The molecule has 0 spiro atoms. The average molecular weight is 492 g/mol. The lowest BCUT2D eigenvalue weighted by atomic mass is 9.98. The number of cyclic esters (lactones) is 1. The quantitative estimate of drug-likeness (QED) is 0.442. The molecule has 3 aliphatic heterocycles. The number of fused-ring (bicyclic) bond motifs is 2. The molecule has 0 radical (unpaired) electrons. The fourth-order valence-corrected chi connectivity index (χ4v) is 5.35. The van der Waals surface area contributed by atoms with E-state index in [0.29, 0.717) is 31.2 Å². The van der Waals surface area contributed by atoms with E-state index in [4.69, 9.17) is 4.74 Å². The Hall–Kier alpha value is -3.72. The van der Waals surface area contributed by atoms with E-state index >= 15 is 0 Å². The standard InChI is InChI=1S/C27H29N3O6/c1-15-6-9-19-10-11-22(25(33)29-21-14-23(31)36-27(21)35)30(19)26(34)20(12-15)28-24(32)18-8-7-16-4-2-3-5-17(16)13-18/h2-8,13,19-22,27,35H,9-12,14H2,1H3,(H,28,32)(H,29,33)/t19-,20-,21?,22-,27?/m0/s1. The van der Waals surface area contributed by atoms with Gasteiger partial charge in [0.2, 0.25) is 18.1 Å². The van der Waals surface area contributed by atoms with Crippen LogP contribution >= 0.6 is 0 Å². The molecule has 2 aromatic carbocycles. The molecule has 2 fully saturated rings. The normalized spacial score (nSPS) is 28.1. The molecule has 9 nitrogen and oxygen atoms in total. The molecule has 5 rings (SSSR count). The predicted octanol–water partition coefficient (Wildman–Crippen LogP) is 1.79. The first-order valence-electron chi connectivity index (χ1n) is 12.3. The summed E-state index contributed by atoms with van der Waals surface area (Å²) in [6, 6.07) is 10.5. The van der Waals surface area contributed by atoms with Gasteiger partial charge in [-0.15, -0.1) is 0 Å². The molecule has 188 valence electrons. The van der Waals surface area contributed by atoms with Crippen LogP contribution in [0.25, 0.3) is 10.8 Å². The molecule has 0 saturated carbocycles. The zero-order valence-corrected chi connectivity index (χ0v) is 20.0. The number of esters is 1. The van der Waals surface area contributed by atoms with Crippen LogP contribution in [0, 0.1) is 0 Å². The number of rotatable bonds is 4. The second-order valence-electron chi connectivity index (χ2n) is 9.77. The Morgan fingerprint density at radius 1 is 1.03 bits per heavy atom. The lowest BCUT2D eigenvalue weighted by molar-refractivity contribution is -0.155. The van der Waals surface area contributed by atoms with Crippen molar-refractivity contribution in [2.24, 2.45) is 0 Å². The molecule has 0 bridgehead atoms. The van der Waals surface area contributed by atoms with Gasteiger partial charge >= 0.3 is 5.97 Å². The Morgan fingerprint density at radius 2 is 1.81 bits per heavy atom. The first-order valence-corrected chi connectivity index (χ1v) is 12.3. The smallest absolute Gasteiger partial charge is 0.310 e. The second kappa shape index (κ2) is 9.73. The summed E-state index contributed by atoms with van der Waals surface area (Å²) in [6.07, 6.45) is 2.61. The number of nitrogens with zero attached hydrogens (tertiary/aromatic N) is 1. The number of aliphatic hydroxyl groups is 1. The van der Waals surface area contributed by atoms with Crippen molar-refractivity contribution in [2.45, 2.75) is 69.5 Å². The van der Waals surface area contributed by atoms with Crippen molar-refractivity contribution < 1.29 is 29.0 Å². The SMILES string of the molecule is CC1=CC[C@H]2CC[C@@H](C(=O)NC3CC(=O)OC3O)N2C(=O)[C@@H](NC(=O)c2ccc3ccccc3c2)C1. The number of benzene rings is 2. The van der Waals surface area contributed by atoms with Gasteiger partial charge in [0.25, 0.3) is 5.91 Å². The van der Waals surface area contributed by atoms with Gasteiger partial charge in [0.15, 0.2) is 0 Å². The zero-order chi connectivity index (χ0) is 25.4. The molecule has 5 atom stereocenters. The Kier molecular flexibility index (Phi) is 6.49. The predicted molar refractivity (Wildman–Crippen MR) is 130 cm³/mol. The summed E-state index contributed by atoms with van der Waals surface area (Å²) < 4.78 is 4.71. The van der Waals surface area contributed by atoms with Gasteiger partial charge in [-0.05, 0) is 55.5 Å². The fourth-order valence-electron chi connectivity index (χ4n) is 5.35. The maximum absolute atomic E-state index is 13.7. The minimum Gasteiger partial charge on any atom is -0.434 e. The van der Waals surface area contributed by atoms with E-state index in [0.717, 1.165) is 16.3 Å². The van der Waals surface area contributed by atoms with Crippen LogP contribution in [0.3, 0.4) is 0 Å². The molecule has 0 aliphatic carbocycles. The molecular formula is C27H29N3O6. The number of aliphatic hydroxyl groups excluding tert-OH is 1. The summed E-state index contributed by atoms with van der Waals surface area (Å²) in [7, 11) is 0. The minimum absolute atomic E-state index is 0.122. The van der Waals surface area contributed by atoms with Gasteiger partial charge in [0.05, 0.1) is 6.42 Å². The van der Waals surface area contributed by atoms with Crippen molar-refractivity contribution in [2.75, 3.05) is 0 Å². The Morgan fingerprint density at radius 3 is 2.56 bits per heavy atom. The summed E-state index contributed by atoms with van der Waals surface area (Å²) in [5, 5.41) is 17.4. The number of nitrogens with one attached hydrogen (secondary N) is 2. The van der Waals surface area contributed by atoms with Crippen LogP contribution in [-0.2, 0) is 19.1 Å². The molecular weight excluding hydrogens is 462 g/mol. The average Bonchev–Trinajstić information content (AvgIpc) is 3.42. The first kappa shape index (κ1) is 24.0. The number of ether oxygens (including phenoxy) is 1. The zero-order valence-electron chi connectivity index (χ0n) is 20.0. The Balaban J connectivity index is 1.35. The van der Waals surface area contributed by atoms with Crippen molar-refractivity contribution in [3.63, 3.8) is 0 Å². The highest BCUT2D eigenvalue weighted by Crippen LogP contribution is 2.31. The molecule has 3 aliphatic rings. The summed E-state index contributed by atoms with van der Waals surface area (Å²) in [5.41, 5.74) is 1.46. The number of carbonyl (C=O) groups is 4. The van der Waals surface area contributed by atoms with Crippen LogP contribution in [-0.4, -0.2) is 64.2 Å². The van der Waals surface area contributed by atoms with Crippen LogP contribution in [0.2, 0.25) is 0 Å². The van der Waals surface area contributed by atoms with Crippen LogP contribution < -0.4 is 10.6 Å². The molecule has 2 saturated heterocycles. The molecule has 3 amide bonds. The molecule has 3 heterocycles. The topological polar surface area (TPSA) is 125 Å². The first-order chi connectivity index (χ1) is 17.3. The van der Waals surface area contributed by atoms with Crippen molar-refractivity contribution in [3.05, 3.63) is 59.7 Å². The molecule has 2 aromatic rings. The molecule has 0 aromatic heterocycles. The van der Waals surface area contributed by atoms with Crippen LogP contribution in [0.15, 0.2) is 54.1 Å². The van der Waals surface area contributed by atoms with E-state index < -0.39 is 36.3 Å². The highest BCUT2D eigenvalue weighted by Gasteiger charge is 2.45. The van der Waals surface area contributed by atoms with Crippen molar-refractivity contribution >= 4 is 34.5 Å². The van der Waals surface area contributed by atoms with E-state index in [2.05, 4.69) is 16.7 Å². The third-order valence-electron chi connectivity index (χ3n) is 7.25.